The van der Waals surface area contributed by atoms with Crippen molar-refractivity contribution in [3.05, 3.63) is 35.9 Å². The van der Waals surface area contributed by atoms with Gasteiger partial charge in [0.1, 0.15) is 11.6 Å². The van der Waals surface area contributed by atoms with Crippen molar-refractivity contribution < 1.29 is 14.9 Å². The van der Waals surface area contributed by atoms with Crippen LogP contribution < -0.4 is 10.6 Å². The lowest BCUT2D eigenvalue weighted by Gasteiger charge is -2.17. The molecule has 0 bridgehead atoms. The highest BCUT2D eigenvalue weighted by atomic mass is 16.2. The standard InChI is InChI=1S/C14H19N3O2/c1-10(11-7-5-4-6-8-11)15-9-17-12(18)14(2,3)16-13(17)19/h4-8,10,15H,9H2,1-3H3,(H,16,19)/p+1/t10-/m0/s1. The van der Waals surface area contributed by atoms with E-state index in [4.69, 9.17) is 0 Å². The van der Waals surface area contributed by atoms with Crippen LogP contribution in [-0.2, 0) is 4.79 Å². The van der Waals surface area contributed by atoms with Crippen molar-refractivity contribution in [3.8, 4) is 0 Å². The second-order valence-electron chi connectivity index (χ2n) is 5.41. The monoisotopic (exact) mass is 262 g/mol. The molecule has 1 aliphatic rings. The van der Waals surface area contributed by atoms with E-state index >= 15 is 0 Å². The van der Waals surface area contributed by atoms with Crippen molar-refractivity contribution in [2.24, 2.45) is 0 Å². The number of benzene rings is 1. The van der Waals surface area contributed by atoms with Gasteiger partial charge in [-0.15, -0.1) is 0 Å². The van der Waals surface area contributed by atoms with Gasteiger partial charge < -0.3 is 10.6 Å². The van der Waals surface area contributed by atoms with Gasteiger partial charge in [-0.05, 0) is 20.8 Å². The highest BCUT2D eigenvalue weighted by Crippen LogP contribution is 2.15. The van der Waals surface area contributed by atoms with Crippen LogP contribution >= 0.6 is 0 Å². The summed E-state index contributed by atoms with van der Waals surface area (Å²) in [5.74, 6) is -0.172. The maximum absolute atomic E-state index is 12.0. The van der Waals surface area contributed by atoms with Crippen molar-refractivity contribution in [2.45, 2.75) is 32.4 Å². The third kappa shape index (κ3) is 2.76. The minimum atomic E-state index is -0.791. The van der Waals surface area contributed by atoms with Gasteiger partial charge in [0, 0.05) is 5.56 Å². The number of hydrogen-bond acceptors (Lipinski definition) is 2. The van der Waals surface area contributed by atoms with Gasteiger partial charge >= 0.3 is 6.03 Å². The van der Waals surface area contributed by atoms with Gasteiger partial charge in [-0.25, -0.2) is 9.69 Å². The molecule has 1 aliphatic heterocycles. The van der Waals surface area contributed by atoms with E-state index in [1.165, 1.54) is 10.5 Å². The zero-order valence-corrected chi connectivity index (χ0v) is 11.5. The molecule has 1 fully saturated rings. The molecule has 19 heavy (non-hydrogen) atoms. The van der Waals surface area contributed by atoms with Crippen LogP contribution in [0.5, 0.6) is 0 Å². The Kier molecular flexibility index (Phi) is 3.57. The number of nitrogens with one attached hydrogen (secondary N) is 1. The van der Waals surface area contributed by atoms with E-state index in [1.807, 2.05) is 35.6 Å². The van der Waals surface area contributed by atoms with E-state index in [0.717, 1.165) is 0 Å². The maximum atomic E-state index is 12.0. The SMILES string of the molecule is C[C@H]([NH2+]CN1C(=O)NC(C)(C)C1=O)c1ccccc1. The minimum Gasteiger partial charge on any atom is -0.323 e. The van der Waals surface area contributed by atoms with Crippen molar-refractivity contribution in [1.29, 1.82) is 0 Å². The number of hydrogen-bond donors (Lipinski definition) is 2. The van der Waals surface area contributed by atoms with Gasteiger partial charge in [-0.1, -0.05) is 30.3 Å². The number of nitrogens with two attached hydrogens (primary N) is 1. The van der Waals surface area contributed by atoms with Gasteiger partial charge in [0.2, 0.25) is 0 Å². The molecule has 0 spiro atoms. The third-order valence-corrected chi connectivity index (χ3v) is 3.41. The molecule has 1 heterocycles. The molecule has 0 aliphatic carbocycles. The molecule has 3 N–H and O–H groups in total. The van der Waals surface area contributed by atoms with E-state index in [1.54, 1.807) is 13.8 Å². The molecule has 2 rings (SSSR count). The second-order valence-corrected chi connectivity index (χ2v) is 5.41. The van der Waals surface area contributed by atoms with Crippen molar-refractivity contribution >= 4 is 11.9 Å². The molecule has 102 valence electrons. The van der Waals surface area contributed by atoms with Crippen LogP contribution in [0.4, 0.5) is 4.79 Å². The Labute approximate surface area is 113 Å². The summed E-state index contributed by atoms with van der Waals surface area (Å²) < 4.78 is 0. The molecule has 1 aromatic carbocycles. The Morgan fingerprint density at radius 3 is 2.42 bits per heavy atom. The lowest BCUT2D eigenvalue weighted by Crippen LogP contribution is -2.88. The predicted octanol–water partition coefficient (Wildman–Crippen LogP) is 0.599. The summed E-state index contributed by atoms with van der Waals surface area (Å²) in [6, 6.07) is 9.90. The molecule has 1 aromatic rings. The first-order chi connectivity index (χ1) is 8.92. The Balaban J connectivity index is 1.96. The molecular formula is C14H20N3O2+. The summed E-state index contributed by atoms with van der Waals surface area (Å²) in [5, 5.41) is 4.65. The maximum Gasteiger partial charge on any atom is 0.329 e. The highest BCUT2D eigenvalue weighted by Gasteiger charge is 2.45. The smallest absolute Gasteiger partial charge is 0.323 e. The van der Waals surface area contributed by atoms with E-state index in [9.17, 15) is 9.59 Å². The number of nitrogens with zero attached hydrogens (tertiary/aromatic N) is 1. The first-order valence-electron chi connectivity index (χ1n) is 6.44. The molecule has 0 saturated carbocycles. The zero-order valence-electron chi connectivity index (χ0n) is 11.5. The fraction of sp³-hybridized carbons (Fsp3) is 0.429. The van der Waals surface area contributed by atoms with Crippen LogP contribution in [0.1, 0.15) is 32.4 Å². The summed E-state index contributed by atoms with van der Waals surface area (Å²) >= 11 is 0. The van der Waals surface area contributed by atoms with Crippen LogP contribution in [0.25, 0.3) is 0 Å². The Morgan fingerprint density at radius 2 is 1.89 bits per heavy atom. The number of amides is 3. The van der Waals surface area contributed by atoms with Gasteiger partial charge in [0.05, 0.1) is 0 Å². The summed E-state index contributed by atoms with van der Waals surface area (Å²) in [6.45, 7) is 5.82. The zero-order chi connectivity index (χ0) is 14.0. The summed E-state index contributed by atoms with van der Waals surface area (Å²) in [6.07, 6.45) is 0. The van der Waals surface area contributed by atoms with E-state index in [2.05, 4.69) is 12.2 Å². The molecule has 0 unspecified atom stereocenters. The number of carbonyl (C=O) groups excluding carboxylic acids is 2. The summed E-state index contributed by atoms with van der Waals surface area (Å²) in [5.41, 5.74) is 0.384. The summed E-state index contributed by atoms with van der Waals surface area (Å²) in [4.78, 5) is 25.0. The van der Waals surface area contributed by atoms with E-state index in [0.29, 0.717) is 6.67 Å². The van der Waals surface area contributed by atoms with Crippen molar-refractivity contribution in [2.75, 3.05) is 6.67 Å². The predicted molar refractivity (Wildman–Crippen MR) is 71.1 cm³/mol. The van der Waals surface area contributed by atoms with Crippen LogP contribution in [0.2, 0.25) is 0 Å². The number of rotatable bonds is 4. The Hall–Kier alpha value is -1.88. The first kappa shape index (κ1) is 13.5. The van der Waals surface area contributed by atoms with Gasteiger partial charge in [0.15, 0.2) is 6.67 Å². The average Bonchev–Trinajstić information content (AvgIpc) is 2.57. The molecule has 0 radical (unpaired) electrons. The van der Waals surface area contributed by atoms with E-state index in [-0.39, 0.29) is 18.0 Å². The van der Waals surface area contributed by atoms with E-state index < -0.39 is 5.54 Å². The third-order valence-electron chi connectivity index (χ3n) is 3.41. The van der Waals surface area contributed by atoms with Crippen molar-refractivity contribution in [1.82, 2.24) is 10.2 Å². The number of quaternary nitrogens is 1. The normalized spacial score (nSPS) is 19.4. The van der Waals surface area contributed by atoms with Gasteiger partial charge in [-0.2, -0.15) is 0 Å². The minimum absolute atomic E-state index is 0.172. The molecule has 1 atom stereocenters. The largest absolute Gasteiger partial charge is 0.329 e. The van der Waals surface area contributed by atoms with Crippen LogP contribution in [0.15, 0.2) is 30.3 Å². The topological polar surface area (TPSA) is 66.0 Å². The number of imide groups is 1. The first-order valence-corrected chi connectivity index (χ1v) is 6.44. The molecule has 5 heteroatoms. The molecule has 0 aromatic heterocycles. The Morgan fingerprint density at radius 1 is 1.26 bits per heavy atom. The van der Waals surface area contributed by atoms with Crippen molar-refractivity contribution in [3.63, 3.8) is 0 Å². The van der Waals surface area contributed by atoms with Crippen LogP contribution in [0, 0.1) is 0 Å². The lowest BCUT2D eigenvalue weighted by molar-refractivity contribution is -0.703. The number of carbonyl (C=O) groups is 2. The summed E-state index contributed by atoms with van der Waals surface area (Å²) in [7, 11) is 0. The fourth-order valence-corrected chi connectivity index (χ4v) is 2.14. The average molecular weight is 262 g/mol. The second kappa shape index (κ2) is 5.01. The molecular weight excluding hydrogens is 242 g/mol. The lowest BCUT2D eigenvalue weighted by atomic mass is 10.1. The Bertz CT molecular complexity index is 485. The quantitative estimate of drug-likeness (QED) is 0.780. The molecule has 5 nitrogen and oxygen atoms in total. The van der Waals surface area contributed by atoms with Crippen LogP contribution in [-0.4, -0.2) is 29.0 Å². The number of urea groups is 1. The highest BCUT2D eigenvalue weighted by molar-refractivity contribution is 6.06. The fourth-order valence-electron chi connectivity index (χ4n) is 2.14. The molecule has 1 saturated heterocycles. The van der Waals surface area contributed by atoms with Gasteiger partial charge in [-0.3, -0.25) is 4.79 Å². The van der Waals surface area contributed by atoms with Gasteiger partial charge in [0.25, 0.3) is 5.91 Å². The molecule has 3 amide bonds. The van der Waals surface area contributed by atoms with Crippen LogP contribution in [0.3, 0.4) is 0 Å².